The SMILES string of the molecule is CCOc1ccc(NC(=O)c2ccc(OC)c(COc3cccc(OC)c3)c2)cc1. The summed E-state index contributed by atoms with van der Waals surface area (Å²) >= 11 is 0. The second-order valence-corrected chi connectivity index (χ2v) is 6.41. The first-order valence-electron chi connectivity index (χ1n) is 9.61. The monoisotopic (exact) mass is 407 g/mol. The predicted molar refractivity (Wildman–Crippen MR) is 116 cm³/mol. The van der Waals surface area contributed by atoms with Crippen LogP contribution in [0, 0.1) is 0 Å². The lowest BCUT2D eigenvalue weighted by Gasteiger charge is -2.13. The molecule has 0 radical (unpaired) electrons. The van der Waals surface area contributed by atoms with Gasteiger partial charge in [0.15, 0.2) is 0 Å². The molecular formula is C24H25NO5. The molecule has 30 heavy (non-hydrogen) atoms. The van der Waals surface area contributed by atoms with Gasteiger partial charge in [-0.15, -0.1) is 0 Å². The Morgan fingerprint density at radius 1 is 0.833 bits per heavy atom. The molecule has 0 heterocycles. The first-order chi connectivity index (χ1) is 14.6. The lowest BCUT2D eigenvalue weighted by Crippen LogP contribution is -2.13. The maximum absolute atomic E-state index is 12.7. The average molecular weight is 407 g/mol. The van der Waals surface area contributed by atoms with Gasteiger partial charge in [-0.2, -0.15) is 0 Å². The van der Waals surface area contributed by atoms with Crippen LogP contribution >= 0.6 is 0 Å². The maximum atomic E-state index is 12.7. The van der Waals surface area contributed by atoms with E-state index in [1.807, 2.05) is 37.3 Å². The lowest BCUT2D eigenvalue weighted by atomic mass is 10.1. The number of hydrogen-bond acceptors (Lipinski definition) is 5. The third-order valence-corrected chi connectivity index (χ3v) is 4.40. The van der Waals surface area contributed by atoms with E-state index in [4.69, 9.17) is 18.9 Å². The molecule has 6 nitrogen and oxygen atoms in total. The van der Waals surface area contributed by atoms with Gasteiger partial charge in [0.2, 0.25) is 0 Å². The van der Waals surface area contributed by atoms with Crippen LogP contribution in [0.25, 0.3) is 0 Å². The molecule has 0 aromatic heterocycles. The minimum Gasteiger partial charge on any atom is -0.497 e. The van der Waals surface area contributed by atoms with Gasteiger partial charge >= 0.3 is 0 Å². The number of carbonyl (C=O) groups excluding carboxylic acids is 1. The highest BCUT2D eigenvalue weighted by Gasteiger charge is 2.12. The van der Waals surface area contributed by atoms with Crippen molar-refractivity contribution >= 4 is 11.6 Å². The van der Waals surface area contributed by atoms with Crippen LogP contribution in [-0.2, 0) is 6.61 Å². The normalized spacial score (nSPS) is 10.2. The Labute approximate surface area is 176 Å². The Bertz CT molecular complexity index is 985. The molecule has 0 unspecified atom stereocenters. The van der Waals surface area contributed by atoms with Gasteiger partial charge in [-0.25, -0.2) is 0 Å². The van der Waals surface area contributed by atoms with Gasteiger partial charge in [0.25, 0.3) is 5.91 Å². The van der Waals surface area contributed by atoms with Crippen LogP contribution in [0.4, 0.5) is 5.69 Å². The zero-order chi connectivity index (χ0) is 21.3. The second-order valence-electron chi connectivity index (χ2n) is 6.41. The van der Waals surface area contributed by atoms with Gasteiger partial charge in [0.05, 0.1) is 20.8 Å². The van der Waals surface area contributed by atoms with Crippen LogP contribution in [0.15, 0.2) is 66.7 Å². The summed E-state index contributed by atoms with van der Waals surface area (Å²) in [4.78, 5) is 12.7. The summed E-state index contributed by atoms with van der Waals surface area (Å²) in [7, 11) is 3.19. The molecule has 0 aliphatic rings. The maximum Gasteiger partial charge on any atom is 0.255 e. The summed E-state index contributed by atoms with van der Waals surface area (Å²) in [5.74, 6) is 2.57. The molecule has 0 atom stereocenters. The van der Waals surface area contributed by atoms with Crippen molar-refractivity contribution in [1.82, 2.24) is 0 Å². The zero-order valence-electron chi connectivity index (χ0n) is 17.3. The highest BCUT2D eigenvalue weighted by atomic mass is 16.5. The van der Waals surface area contributed by atoms with Crippen LogP contribution in [0.3, 0.4) is 0 Å². The van der Waals surface area contributed by atoms with E-state index in [0.29, 0.717) is 35.1 Å². The van der Waals surface area contributed by atoms with E-state index in [1.54, 1.807) is 50.6 Å². The van der Waals surface area contributed by atoms with Crippen molar-refractivity contribution in [3.05, 3.63) is 77.9 Å². The molecule has 0 bridgehead atoms. The molecule has 3 aromatic rings. The molecule has 3 aromatic carbocycles. The van der Waals surface area contributed by atoms with Crippen molar-refractivity contribution in [1.29, 1.82) is 0 Å². The fourth-order valence-corrected chi connectivity index (χ4v) is 2.89. The molecule has 1 N–H and O–H groups in total. The van der Waals surface area contributed by atoms with E-state index in [0.717, 1.165) is 11.3 Å². The molecule has 3 rings (SSSR count). The lowest BCUT2D eigenvalue weighted by molar-refractivity contribution is 0.102. The summed E-state index contributed by atoms with van der Waals surface area (Å²) in [6.45, 7) is 2.77. The molecule has 0 saturated heterocycles. The largest absolute Gasteiger partial charge is 0.497 e. The number of benzene rings is 3. The van der Waals surface area contributed by atoms with Crippen LogP contribution in [0.5, 0.6) is 23.0 Å². The van der Waals surface area contributed by atoms with E-state index in [1.165, 1.54) is 0 Å². The van der Waals surface area contributed by atoms with E-state index in [9.17, 15) is 4.79 Å². The summed E-state index contributed by atoms with van der Waals surface area (Å²) in [6, 6.07) is 19.8. The molecule has 156 valence electrons. The van der Waals surface area contributed by atoms with E-state index in [2.05, 4.69) is 5.32 Å². The summed E-state index contributed by atoms with van der Waals surface area (Å²) in [5.41, 5.74) is 1.96. The highest BCUT2D eigenvalue weighted by molar-refractivity contribution is 6.04. The summed E-state index contributed by atoms with van der Waals surface area (Å²) < 4.78 is 21.9. The summed E-state index contributed by atoms with van der Waals surface area (Å²) in [6.07, 6.45) is 0. The minimum atomic E-state index is -0.218. The first kappa shape index (κ1) is 21.0. The van der Waals surface area contributed by atoms with Crippen LogP contribution in [0.2, 0.25) is 0 Å². The Morgan fingerprint density at radius 2 is 1.60 bits per heavy atom. The first-order valence-corrected chi connectivity index (χ1v) is 9.61. The third-order valence-electron chi connectivity index (χ3n) is 4.40. The Morgan fingerprint density at radius 3 is 2.30 bits per heavy atom. The predicted octanol–water partition coefficient (Wildman–Crippen LogP) is 4.93. The van der Waals surface area contributed by atoms with Gasteiger partial charge in [-0.05, 0) is 61.5 Å². The van der Waals surface area contributed by atoms with Crippen molar-refractivity contribution in [3.63, 3.8) is 0 Å². The number of amides is 1. The quantitative estimate of drug-likeness (QED) is 0.545. The fourth-order valence-electron chi connectivity index (χ4n) is 2.89. The Balaban J connectivity index is 1.71. The smallest absolute Gasteiger partial charge is 0.255 e. The number of carbonyl (C=O) groups is 1. The minimum absolute atomic E-state index is 0.218. The van der Waals surface area contributed by atoms with E-state index in [-0.39, 0.29) is 12.5 Å². The fraction of sp³-hybridized carbons (Fsp3) is 0.208. The number of ether oxygens (including phenoxy) is 4. The van der Waals surface area contributed by atoms with Gasteiger partial charge < -0.3 is 24.3 Å². The second kappa shape index (κ2) is 10.2. The van der Waals surface area contributed by atoms with Gasteiger partial charge in [-0.1, -0.05) is 6.07 Å². The van der Waals surface area contributed by atoms with E-state index >= 15 is 0 Å². The molecular weight excluding hydrogens is 382 g/mol. The van der Waals surface area contributed by atoms with Crippen LogP contribution in [0.1, 0.15) is 22.8 Å². The van der Waals surface area contributed by atoms with Gasteiger partial charge in [-0.3, -0.25) is 4.79 Å². The molecule has 0 aliphatic carbocycles. The summed E-state index contributed by atoms with van der Waals surface area (Å²) in [5, 5.41) is 2.89. The van der Waals surface area contributed by atoms with E-state index < -0.39 is 0 Å². The number of hydrogen-bond donors (Lipinski definition) is 1. The molecule has 1 amide bonds. The van der Waals surface area contributed by atoms with Crippen LogP contribution < -0.4 is 24.3 Å². The topological polar surface area (TPSA) is 66.0 Å². The van der Waals surface area contributed by atoms with Crippen molar-refractivity contribution in [3.8, 4) is 23.0 Å². The Kier molecular flexibility index (Phi) is 7.16. The van der Waals surface area contributed by atoms with Crippen molar-refractivity contribution in [2.24, 2.45) is 0 Å². The number of nitrogens with one attached hydrogen (secondary N) is 1. The van der Waals surface area contributed by atoms with Gasteiger partial charge in [0, 0.05) is 22.9 Å². The average Bonchev–Trinajstić information content (AvgIpc) is 2.79. The highest BCUT2D eigenvalue weighted by Crippen LogP contribution is 2.25. The van der Waals surface area contributed by atoms with Crippen molar-refractivity contribution in [2.45, 2.75) is 13.5 Å². The standard InChI is InChI=1S/C24H25NO5/c1-4-29-20-11-9-19(10-12-20)25-24(26)17-8-13-23(28-3)18(14-17)16-30-22-7-5-6-21(15-22)27-2/h5-15H,4,16H2,1-3H3,(H,25,26). The molecule has 0 fully saturated rings. The van der Waals surface area contributed by atoms with Gasteiger partial charge in [0.1, 0.15) is 29.6 Å². The Hall–Kier alpha value is -3.67. The number of rotatable bonds is 9. The molecule has 0 saturated carbocycles. The van der Waals surface area contributed by atoms with Crippen molar-refractivity contribution < 1.29 is 23.7 Å². The molecule has 0 spiro atoms. The molecule has 6 heteroatoms. The third kappa shape index (κ3) is 5.44. The number of anilines is 1. The van der Waals surface area contributed by atoms with Crippen molar-refractivity contribution in [2.75, 3.05) is 26.1 Å². The number of methoxy groups -OCH3 is 2. The molecule has 0 aliphatic heterocycles. The van der Waals surface area contributed by atoms with Crippen LogP contribution in [-0.4, -0.2) is 26.7 Å². The zero-order valence-corrected chi connectivity index (χ0v) is 17.3.